The van der Waals surface area contributed by atoms with Crippen molar-refractivity contribution in [1.82, 2.24) is 14.5 Å². The normalized spacial score (nSPS) is 44.5. The molecule has 59 heavy (non-hydrogen) atoms. The van der Waals surface area contributed by atoms with Gasteiger partial charge >= 0.3 is 12.1 Å². The number of hydrogen-bond donors (Lipinski definition) is 3. The van der Waals surface area contributed by atoms with Crippen molar-refractivity contribution in [2.75, 3.05) is 28.3 Å². The summed E-state index contributed by atoms with van der Waals surface area (Å²) in [4.78, 5) is 47.4. The van der Waals surface area contributed by atoms with Crippen molar-refractivity contribution < 1.29 is 67.6 Å². The maximum atomic E-state index is 14.4. The largest absolute Gasteiger partial charge is 0.459 e. The van der Waals surface area contributed by atoms with Crippen LogP contribution in [0.25, 0.3) is 0 Å². The molecule has 0 spiro atoms. The summed E-state index contributed by atoms with van der Waals surface area (Å²) in [5.74, 6) is -4.69. The second-order valence-electron chi connectivity index (χ2n) is 18.0. The number of methoxy groups -OCH3 is 2. The van der Waals surface area contributed by atoms with Crippen LogP contribution in [0.1, 0.15) is 94.9 Å². The molecule has 0 aromatic carbocycles. The lowest BCUT2D eigenvalue weighted by Crippen LogP contribution is -2.62. The maximum Gasteiger partial charge on any atom is 0.419 e. The van der Waals surface area contributed by atoms with Crippen LogP contribution >= 0.6 is 0 Å². The molecule has 4 heterocycles. The highest BCUT2D eigenvalue weighted by Gasteiger charge is 2.55. The number of rotatable bonds is 9. The zero-order valence-electron chi connectivity index (χ0n) is 37.4. The number of imidazole rings is 1. The van der Waals surface area contributed by atoms with Crippen molar-refractivity contribution in [3.63, 3.8) is 0 Å². The summed E-state index contributed by atoms with van der Waals surface area (Å²) < 4.78 is 51.8. The number of aliphatic hydroxyl groups excluding tert-OH is 2. The molecular formula is C42H71N3O14. The molecule has 338 valence electrons. The minimum Gasteiger partial charge on any atom is -0.459 e. The quantitative estimate of drug-likeness (QED) is 0.305. The minimum absolute atomic E-state index is 0.0577. The summed E-state index contributed by atoms with van der Waals surface area (Å²) in [7, 11) is 6.73. The van der Waals surface area contributed by atoms with Gasteiger partial charge in [0, 0.05) is 56.8 Å². The van der Waals surface area contributed by atoms with E-state index in [0.717, 1.165) is 0 Å². The van der Waals surface area contributed by atoms with Gasteiger partial charge in [0.1, 0.15) is 35.5 Å². The van der Waals surface area contributed by atoms with Crippen LogP contribution in [-0.2, 0) is 47.5 Å². The highest BCUT2D eigenvalue weighted by Crippen LogP contribution is 2.42. The summed E-state index contributed by atoms with van der Waals surface area (Å²) in [5.41, 5.74) is -4.43. The Morgan fingerprint density at radius 2 is 1.58 bits per heavy atom. The molecule has 0 aliphatic carbocycles. The van der Waals surface area contributed by atoms with Gasteiger partial charge in [-0.2, -0.15) is 0 Å². The lowest BCUT2D eigenvalue weighted by molar-refractivity contribution is -0.319. The zero-order valence-corrected chi connectivity index (χ0v) is 37.4. The van der Waals surface area contributed by atoms with E-state index in [1.54, 1.807) is 48.5 Å². The number of hydrogen-bond acceptors (Lipinski definition) is 16. The lowest BCUT2D eigenvalue weighted by Gasteiger charge is -2.50. The van der Waals surface area contributed by atoms with E-state index in [1.807, 2.05) is 32.8 Å². The van der Waals surface area contributed by atoms with Gasteiger partial charge in [-0.1, -0.05) is 27.7 Å². The number of ether oxygens (including phenoxy) is 8. The first kappa shape index (κ1) is 49.1. The number of ketones is 1. The Morgan fingerprint density at radius 3 is 2.14 bits per heavy atom. The molecule has 0 bridgehead atoms. The average Bonchev–Trinajstić information content (AvgIpc) is 3.74. The van der Waals surface area contributed by atoms with Gasteiger partial charge in [-0.3, -0.25) is 9.59 Å². The van der Waals surface area contributed by atoms with Crippen molar-refractivity contribution >= 4 is 17.8 Å². The number of carbonyl (C=O) groups excluding carboxylic acids is 3. The predicted octanol–water partition coefficient (Wildman–Crippen LogP) is 3.33. The molecular weight excluding hydrogens is 770 g/mol. The minimum atomic E-state index is -2.00. The maximum absolute atomic E-state index is 14.4. The molecule has 18 atom stereocenters. The number of nitrogens with zero attached hydrogens (tertiary/aromatic N) is 3. The van der Waals surface area contributed by atoms with Crippen molar-refractivity contribution in [3.8, 4) is 0 Å². The van der Waals surface area contributed by atoms with Crippen molar-refractivity contribution in [2.24, 2.45) is 23.7 Å². The first-order valence-corrected chi connectivity index (χ1v) is 20.9. The Labute approximate surface area is 349 Å². The molecule has 0 unspecified atom stereocenters. The number of carbonyl (C=O) groups is 3. The summed E-state index contributed by atoms with van der Waals surface area (Å²) in [6, 6.07) is -0.311. The molecule has 0 radical (unpaired) electrons. The summed E-state index contributed by atoms with van der Waals surface area (Å²) >= 11 is 0. The molecule has 3 fully saturated rings. The van der Waals surface area contributed by atoms with E-state index >= 15 is 0 Å². The molecule has 3 saturated heterocycles. The van der Waals surface area contributed by atoms with Gasteiger partial charge < -0.3 is 58.1 Å². The Kier molecular flexibility index (Phi) is 16.3. The van der Waals surface area contributed by atoms with E-state index in [9.17, 15) is 29.7 Å². The number of aliphatic hydroxyl groups is 3. The van der Waals surface area contributed by atoms with Crippen LogP contribution in [0.4, 0.5) is 4.79 Å². The first-order valence-electron chi connectivity index (χ1n) is 20.9. The fourth-order valence-electron chi connectivity index (χ4n) is 9.33. The molecule has 0 amide bonds. The number of esters is 1. The van der Waals surface area contributed by atoms with Gasteiger partial charge in [0.2, 0.25) is 0 Å². The summed E-state index contributed by atoms with van der Waals surface area (Å²) in [6.45, 7) is 17.0. The second kappa shape index (κ2) is 19.6. The van der Waals surface area contributed by atoms with E-state index in [2.05, 4.69) is 4.98 Å². The molecule has 4 rings (SSSR count). The van der Waals surface area contributed by atoms with Crippen LogP contribution < -0.4 is 0 Å². The van der Waals surface area contributed by atoms with E-state index in [0.29, 0.717) is 6.42 Å². The zero-order chi connectivity index (χ0) is 44.4. The average molecular weight is 842 g/mol. The first-order chi connectivity index (χ1) is 27.5. The smallest absolute Gasteiger partial charge is 0.419 e. The fraction of sp³-hybridized carbons (Fsp3) is 0.857. The van der Waals surface area contributed by atoms with Gasteiger partial charge in [-0.05, 0) is 74.9 Å². The van der Waals surface area contributed by atoms with Crippen LogP contribution in [0.15, 0.2) is 18.7 Å². The van der Waals surface area contributed by atoms with Crippen molar-refractivity contribution in [3.05, 3.63) is 18.7 Å². The monoisotopic (exact) mass is 841 g/mol. The third-order valence-corrected chi connectivity index (χ3v) is 13.2. The Bertz CT molecular complexity index is 1550. The Hall–Kier alpha value is -2.58. The highest BCUT2D eigenvalue weighted by molar-refractivity contribution is 5.83. The van der Waals surface area contributed by atoms with E-state index in [4.69, 9.17) is 37.9 Å². The van der Waals surface area contributed by atoms with Crippen LogP contribution in [0.3, 0.4) is 0 Å². The van der Waals surface area contributed by atoms with Gasteiger partial charge in [0.15, 0.2) is 18.7 Å². The standard InChI is InChI=1S/C42H71N3O14/c1-15-29-42(10,51)34(48)24(4)31(46)22(2)19-40(8,52-13)35(58-38-32(47)28(44(11)12)18-23(3)54-38)25(5)33(26(6)37(49)56-29)57-30-20-41(9,53-14)36(27(7)55-30)59-39(50)45-17-16-43-21-45/h16-17,21-30,32-36,38,47-48,51H,15,18-20H2,1-14H3/t22-,23-,24+,25+,26-,27+,28+,29-,30+,32-,33+,34-,35-,36+,38+,40+,41-,42-/m1/s1. The molecule has 1 aromatic rings. The number of Topliss-reactive ketones (excluding diaryl/α,β-unsaturated/α-hetero) is 1. The van der Waals surface area contributed by atoms with E-state index in [1.165, 1.54) is 44.4 Å². The highest BCUT2D eigenvalue weighted by atomic mass is 16.7. The van der Waals surface area contributed by atoms with Crippen LogP contribution in [0.5, 0.6) is 0 Å². The second-order valence-corrected chi connectivity index (χ2v) is 18.0. The molecule has 3 aliphatic rings. The molecule has 17 heteroatoms. The molecule has 3 N–H and O–H groups in total. The van der Waals surface area contributed by atoms with Crippen LogP contribution in [0, 0.1) is 23.7 Å². The number of cyclic esters (lactones) is 1. The fourth-order valence-corrected chi connectivity index (χ4v) is 9.33. The summed E-state index contributed by atoms with van der Waals surface area (Å²) in [5, 5.41) is 34.9. The Morgan fingerprint density at radius 1 is 0.949 bits per heavy atom. The van der Waals surface area contributed by atoms with Gasteiger partial charge in [-0.25, -0.2) is 14.3 Å². The van der Waals surface area contributed by atoms with E-state index in [-0.39, 0.29) is 37.2 Å². The van der Waals surface area contributed by atoms with Crippen LogP contribution in [-0.4, -0.2) is 160 Å². The molecule has 17 nitrogen and oxygen atoms in total. The molecule has 3 aliphatic heterocycles. The number of likely N-dealkylation sites (N-methyl/N-ethyl adjacent to an activating group) is 1. The van der Waals surface area contributed by atoms with Crippen molar-refractivity contribution in [1.29, 1.82) is 0 Å². The summed E-state index contributed by atoms with van der Waals surface area (Å²) in [6.07, 6.45) is -5.67. The SMILES string of the molecule is CC[C@H]1OC(=O)[C@H](C)[C@@H](O[C@H]2C[C@@](C)(OC)[C@@H](OC(=O)n3ccnc3)[C@H](C)O2)[C@H](C)[C@@H](O[C@@H]2O[C@H](C)C[C@H](N(C)C)[C@H]2O)[C@@](C)(OC)C[C@@H](C)C(=O)[C@H](C)[C@@H](O)[C@]1(C)O. The lowest BCUT2D eigenvalue weighted by atomic mass is 9.74. The Balaban J connectivity index is 1.82. The van der Waals surface area contributed by atoms with Crippen LogP contribution in [0.2, 0.25) is 0 Å². The third kappa shape index (κ3) is 10.6. The topological polar surface area (TPSA) is 207 Å². The van der Waals surface area contributed by atoms with Gasteiger partial charge in [0.05, 0.1) is 42.0 Å². The molecule has 1 aromatic heterocycles. The molecule has 0 saturated carbocycles. The van der Waals surface area contributed by atoms with Gasteiger partial charge in [0.25, 0.3) is 0 Å². The van der Waals surface area contributed by atoms with E-state index < -0.39 is 108 Å². The number of aromatic nitrogens is 2. The van der Waals surface area contributed by atoms with Gasteiger partial charge in [-0.15, -0.1) is 0 Å². The predicted molar refractivity (Wildman–Crippen MR) is 213 cm³/mol. The third-order valence-electron chi connectivity index (χ3n) is 13.2. The van der Waals surface area contributed by atoms with Crippen molar-refractivity contribution in [2.45, 2.75) is 179 Å².